The van der Waals surface area contributed by atoms with Crippen LogP contribution in [-0.2, 0) is 9.59 Å². The van der Waals surface area contributed by atoms with Crippen molar-refractivity contribution in [3.8, 4) is 0 Å². The summed E-state index contributed by atoms with van der Waals surface area (Å²) in [6, 6.07) is 7.00. The van der Waals surface area contributed by atoms with Crippen molar-refractivity contribution in [1.82, 2.24) is 16.0 Å². The van der Waals surface area contributed by atoms with Crippen molar-refractivity contribution < 1.29 is 9.59 Å². The van der Waals surface area contributed by atoms with E-state index in [-0.39, 0.29) is 30.4 Å². The van der Waals surface area contributed by atoms with Gasteiger partial charge in [-0.15, -0.1) is 0 Å². The maximum Gasteiger partial charge on any atom is 0.239 e. The third-order valence-electron chi connectivity index (χ3n) is 3.33. The molecule has 0 spiro atoms. The Morgan fingerprint density at radius 2 is 2.15 bits per heavy atom. The molecule has 1 aliphatic heterocycles. The van der Waals surface area contributed by atoms with E-state index in [4.69, 9.17) is 11.6 Å². The van der Waals surface area contributed by atoms with Gasteiger partial charge in [-0.05, 0) is 24.1 Å². The second-order valence-corrected chi connectivity index (χ2v) is 5.19. The van der Waals surface area contributed by atoms with E-state index in [1.807, 2.05) is 31.2 Å². The average molecular weight is 296 g/mol. The van der Waals surface area contributed by atoms with Crippen molar-refractivity contribution in [2.45, 2.75) is 25.4 Å². The van der Waals surface area contributed by atoms with Crippen LogP contribution in [0, 0.1) is 0 Å². The standard InChI is InChI=1S/C14H18ClN3O2/c1-2-11(9-3-5-10(15)6-4-9)18-14(20)12-7-17-13(19)8-16-12/h3-6,11-12,16H,2,7-8H2,1H3,(H,17,19)(H,18,20). The highest BCUT2D eigenvalue weighted by Gasteiger charge is 2.25. The fourth-order valence-electron chi connectivity index (χ4n) is 2.14. The summed E-state index contributed by atoms with van der Waals surface area (Å²) in [5.41, 5.74) is 1.02. The molecule has 0 saturated carbocycles. The lowest BCUT2D eigenvalue weighted by Gasteiger charge is -2.26. The number of benzene rings is 1. The number of hydrogen-bond acceptors (Lipinski definition) is 3. The predicted molar refractivity (Wildman–Crippen MR) is 77.4 cm³/mol. The second-order valence-electron chi connectivity index (χ2n) is 4.76. The molecule has 1 fully saturated rings. The first-order valence-electron chi connectivity index (χ1n) is 6.66. The van der Waals surface area contributed by atoms with Crippen LogP contribution in [0.4, 0.5) is 0 Å². The minimum Gasteiger partial charge on any atom is -0.353 e. The molecule has 0 aromatic heterocycles. The molecule has 2 rings (SSSR count). The molecule has 1 aliphatic rings. The predicted octanol–water partition coefficient (Wildman–Crippen LogP) is 0.995. The molecular formula is C14H18ClN3O2. The first-order chi connectivity index (χ1) is 9.60. The minimum absolute atomic E-state index is 0.0563. The SMILES string of the molecule is CCC(NC(=O)C1CNC(=O)CN1)c1ccc(Cl)cc1. The van der Waals surface area contributed by atoms with E-state index in [1.165, 1.54) is 0 Å². The van der Waals surface area contributed by atoms with Gasteiger partial charge in [0.25, 0.3) is 0 Å². The smallest absolute Gasteiger partial charge is 0.239 e. The quantitative estimate of drug-likeness (QED) is 0.776. The molecule has 0 radical (unpaired) electrons. The Balaban J connectivity index is 1.97. The van der Waals surface area contributed by atoms with Crippen molar-refractivity contribution in [2.75, 3.05) is 13.1 Å². The average Bonchev–Trinajstić information content (AvgIpc) is 2.46. The highest BCUT2D eigenvalue weighted by atomic mass is 35.5. The molecule has 5 nitrogen and oxygen atoms in total. The Kier molecular flexibility index (Phi) is 4.98. The number of nitrogens with one attached hydrogen (secondary N) is 3. The normalized spacial score (nSPS) is 20.1. The van der Waals surface area contributed by atoms with Gasteiger partial charge in [0, 0.05) is 11.6 Å². The summed E-state index contributed by atoms with van der Waals surface area (Å²) in [5, 5.41) is 9.25. The monoisotopic (exact) mass is 295 g/mol. The number of carbonyl (C=O) groups excluding carboxylic acids is 2. The largest absolute Gasteiger partial charge is 0.353 e. The van der Waals surface area contributed by atoms with Crippen LogP contribution < -0.4 is 16.0 Å². The number of halogens is 1. The molecule has 2 unspecified atom stereocenters. The van der Waals surface area contributed by atoms with Crippen molar-refractivity contribution in [3.63, 3.8) is 0 Å². The second kappa shape index (κ2) is 6.72. The molecule has 1 aromatic rings. The summed E-state index contributed by atoms with van der Waals surface area (Å²) in [4.78, 5) is 23.2. The topological polar surface area (TPSA) is 70.2 Å². The summed E-state index contributed by atoms with van der Waals surface area (Å²) >= 11 is 5.86. The molecule has 2 atom stereocenters. The fourth-order valence-corrected chi connectivity index (χ4v) is 2.27. The van der Waals surface area contributed by atoms with Crippen LogP contribution in [-0.4, -0.2) is 30.9 Å². The van der Waals surface area contributed by atoms with Crippen LogP contribution in [0.5, 0.6) is 0 Å². The highest BCUT2D eigenvalue weighted by Crippen LogP contribution is 2.19. The summed E-state index contributed by atoms with van der Waals surface area (Å²) in [6.07, 6.45) is 0.784. The molecule has 3 N–H and O–H groups in total. The number of rotatable bonds is 4. The van der Waals surface area contributed by atoms with Gasteiger partial charge in [0.05, 0.1) is 12.6 Å². The lowest BCUT2D eigenvalue weighted by molar-refractivity contribution is -0.127. The molecule has 1 heterocycles. The molecule has 2 amide bonds. The lowest BCUT2D eigenvalue weighted by Crippen LogP contribution is -2.58. The molecule has 20 heavy (non-hydrogen) atoms. The third kappa shape index (κ3) is 3.71. The van der Waals surface area contributed by atoms with E-state index >= 15 is 0 Å². The minimum atomic E-state index is -0.381. The first-order valence-corrected chi connectivity index (χ1v) is 7.04. The molecule has 1 saturated heterocycles. The fraction of sp³-hybridized carbons (Fsp3) is 0.429. The van der Waals surface area contributed by atoms with Gasteiger partial charge in [-0.1, -0.05) is 30.7 Å². The summed E-state index contributed by atoms with van der Waals surface area (Å²) < 4.78 is 0. The van der Waals surface area contributed by atoms with Gasteiger partial charge in [-0.25, -0.2) is 0 Å². The highest BCUT2D eigenvalue weighted by molar-refractivity contribution is 6.30. The van der Waals surface area contributed by atoms with Crippen LogP contribution in [0.15, 0.2) is 24.3 Å². The zero-order valence-corrected chi connectivity index (χ0v) is 12.0. The molecular weight excluding hydrogens is 278 g/mol. The van der Waals surface area contributed by atoms with Gasteiger partial charge in [0.15, 0.2) is 0 Å². The number of amides is 2. The zero-order valence-electron chi connectivity index (χ0n) is 11.3. The maximum atomic E-state index is 12.2. The van der Waals surface area contributed by atoms with E-state index in [0.29, 0.717) is 11.6 Å². The van der Waals surface area contributed by atoms with E-state index in [9.17, 15) is 9.59 Å². The van der Waals surface area contributed by atoms with E-state index in [2.05, 4.69) is 16.0 Å². The van der Waals surface area contributed by atoms with Crippen LogP contribution in [0.25, 0.3) is 0 Å². The van der Waals surface area contributed by atoms with Crippen molar-refractivity contribution in [2.24, 2.45) is 0 Å². The van der Waals surface area contributed by atoms with Crippen LogP contribution >= 0.6 is 11.6 Å². The molecule has 0 bridgehead atoms. The van der Waals surface area contributed by atoms with Gasteiger partial charge in [0.1, 0.15) is 6.04 Å². The molecule has 6 heteroatoms. The van der Waals surface area contributed by atoms with E-state index < -0.39 is 0 Å². The van der Waals surface area contributed by atoms with Crippen molar-refractivity contribution >= 4 is 23.4 Å². The Hall–Kier alpha value is -1.59. The van der Waals surface area contributed by atoms with Crippen LogP contribution in [0.1, 0.15) is 24.9 Å². The number of carbonyl (C=O) groups is 2. The Bertz CT molecular complexity index is 480. The van der Waals surface area contributed by atoms with Crippen molar-refractivity contribution in [1.29, 1.82) is 0 Å². The molecule has 108 valence electrons. The number of hydrogen-bond donors (Lipinski definition) is 3. The van der Waals surface area contributed by atoms with Gasteiger partial charge < -0.3 is 10.6 Å². The van der Waals surface area contributed by atoms with Gasteiger partial charge in [-0.2, -0.15) is 0 Å². The van der Waals surface area contributed by atoms with Crippen molar-refractivity contribution in [3.05, 3.63) is 34.9 Å². The zero-order chi connectivity index (χ0) is 14.5. The Morgan fingerprint density at radius 3 is 2.70 bits per heavy atom. The van der Waals surface area contributed by atoms with Gasteiger partial charge >= 0.3 is 0 Å². The summed E-state index contributed by atoms with van der Waals surface area (Å²) in [7, 11) is 0. The van der Waals surface area contributed by atoms with Gasteiger partial charge in [-0.3, -0.25) is 14.9 Å². The van der Waals surface area contributed by atoms with Gasteiger partial charge in [0.2, 0.25) is 11.8 Å². The maximum absolute atomic E-state index is 12.2. The molecule has 1 aromatic carbocycles. The van der Waals surface area contributed by atoms with Crippen LogP contribution in [0.3, 0.4) is 0 Å². The van der Waals surface area contributed by atoms with E-state index in [1.54, 1.807) is 0 Å². The summed E-state index contributed by atoms with van der Waals surface area (Å²) in [6.45, 7) is 2.51. The first kappa shape index (κ1) is 14.8. The lowest BCUT2D eigenvalue weighted by atomic mass is 10.0. The number of piperazine rings is 1. The Morgan fingerprint density at radius 1 is 1.45 bits per heavy atom. The third-order valence-corrected chi connectivity index (χ3v) is 3.58. The summed E-state index contributed by atoms with van der Waals surface area (Å²) in [5.74, 6) is -0.189. The molecule has 0 aliphatic carbocycles. The van der Waals surface area contributed by atoms with Crippen LogP contribution in [0.2, 0.25) is 5.02 Å². The van der Waals surface area contributed by atoms with E-state index in [0.717, 1.165) is 12.0 Å². The Labute approximate surface area is 123 Å².